The average Bonchev–Trinajstić information content (AvgIpc) is 2.84. The van der Waals surface area contributed by atoms with Gasteiger partial charge in [-0.05, 0) is 41.8 Å². The number of halogens is 1. The number of carbonyl (C=O) groups excluding carboxylic acids is 1. The molecular formula is C16H15ClN2O. The third-order valence-electron chi connectivity index (χ3n) is 3.60. The molecule has 2 aromatic rings. The Balaban J connectivity index is 1.82. The van der Waals surface area contributed by atoms with Gasteiger partial charge < -0.3 is 10.6 Å². The summed E-state index contributed by atoms with van der Waals surface area (Å²) >= 11 is 6.11. The van der Waals surface area contributed by atoms with Crippen LogP contribution in [0.1, 0.15) is 11.1 Å². The van der Waals surface area contributed by atoms with Crippen LogP contribution in [0.2, 0.25) is 5.02 Å². The number of nitrogen functional groups attached to an aromatic ring is 1. The maximum atomic E-state index is 12.5. The molecule has 0 atom stereocenters. The summed E-state index contributed by atoms with van der Waals surface area (Å²) in [5, 5.41) is 0.637. The fourth-order valence-corrected chi connectivity index (χ4v) is 2.78. The molecule has 1 amide bonds. The first-order chi connectivity index (χ1) is 9.65. The molecule has 102 valence electrons. The second-order valence-electron chi connectivity index (χ2n) is 4.95. The summed E-state index contributed by atoms with van der Waals surface area (Å²) < 4.78 is 0. The van der Waals surface area contributed by atoms with Crippen LogP contribution in [0, 0.1) is 0 Å². The third kappa shape index (κ3) is 2.37. The molecule has 3 rings (SSSR count). The monoisotopic (exact) mass is 286 g/mol. The Kier molecular flexibility index (Phi) is 3.36. The molecular weight excluding hydrogens is 272 g/mol. The lowest BCUT2D eigenvalue weighted by molar-refractivity contribution is -0.117. The van der Waals surface area contributed by atoms with E-state index in [4.69, 9.17) is 17.3 Å². The minimum atomic E-state index is 0.0709. The molecule has 0 unspecified atom stereocenters. The van der Waals surface area contributed by atoms with Crippen molar-refractivity contribution in [1.82, 2.24) is 0 Å². The topological polar surface area (TPSA) is 46.3 Å². The van der Waals surface area contributed by atoms with Crippen molar-refractivity contribution < 1.29 is 4.79 Å². The van der Waals surface area contributed by atoms with E-state index < -0.39 is 0 Å². The number of hydrogen-bond donors (Lipinski definition) is 1. The highest BCUT2D eigenvalue weighted by atomic mass is 35.5. The van der Waals surface area contributed by atoms with Crippen molar-refractivity contribution in [2.24, 2.45) is 0 Å². The van der Waals surface area contributed by atoms with Crippen molar-refractivity contribution in [2.75, 3.05) is 17.2 Å². The minimum absolute atomic E-state index is 0.0709. The van der Waals surface area contributed by atoms with Gasteiger partial charge in [0, 0.05) is 22.9 Å². The van der Waals surface area contributed by atoms with Gasteiger partial charge in [-0.1, -0.05) is 29.8 Å². The molecule has 0 saturated carbocycles. The van der Waals surface area contributed by atoms with Crippen molar-refractivity contribution in [3.05, 3.63) is 58.6 Å². The van der Waals surface area contributed by atoms with E-state index in [0.29, 0.717) is 18.0 Å². The van der Waals surface area contributed by atoms with Crippen LogP contribution < -0.4 is 10.6 Å². The van der Waals surface area contributed by atoms with Crippen LogP contribution in [0.15, 0.2) is 42.5 Å². The molecule has 0 fully saturated rings. The molecule has 4 heteroatoms. The number of nitrogens with two attached hydrogens (primary N) is 1. The molecule has 2 N–H and O–H groups in total. The molecule has 1 aliphatic heterocycles. The van der Waals surface area contributed by atoms with Crippen molar-refractivity contribution in [3.63, 3.8) is 0 Å². The predicted molar refractivity (Wildman–Crippen MR) is 82.1 cm³/mol. The van der Waals surface area contributed by atoms with Crippen LogP contribution in [0.5, 0.6) is 0 Å². The lowest BCUT2D eigenvalue weighted by Crippen LogP contribution is -2.30. The number of benzene rings is 2. The molecule has 0 saturated heterocycles. The third-order valence-corrected chi connectivity index (χ3v) is 3.97. The van der Waals surface area contributed by atoms with Gasteiger partial charge in [0.2, 0.25) is 5.91 Å². The summed E-state index contributed by atoms with van der Waals surface area (Å²) in [6, 6.07) is 13.2. The van der Waals surface area contributed by atoms with Gasteiger partial charge in [-0.2, -0.15) is 0 Å². The molecule has 0 aliphatic carbocycles. The fourth-order valence-electron chi connectivity index (χ4n) is 2.58. The quantitative estimate of drug-likeness (QED) is 0.863. The van der Waals surface area contributed by atoms with E-state index in [-0.39, 0.29) is 5.91 Å². The highest BCUT2D eigenvalue weighted by molar-refractivity contribution is 6.31. The number of hydrogen-bond acceptors (Lipinski definition) is 2. The lowest BCUT2D eigenvalue weighted by Gasteiger charge is -2.17. The van der Waals surface area contributed by atoms with Gasteiger partial charge in [-0.25, -0.2) is 0 Å². The molecule has 0 aromatic heterocycles. The van der Waals surface area contributed by atoms with Crippen LogP contribution in [0.3, 0.4) is 0 Å². The zero-order chi connectivity index (χ0) is 14.1. The standard InChI is InChI=1S/C16H15ClN2O/c17-14-4-2-1-3-11(14)10-16(20)19-8-7-12-9-13(18)5-6-15(12)19/h1-6,9H,7-8,10,18H2. The molecule has 2 aromatic carbocycles. The second-order valence-corrected chi connectivity index (χ2v) is 5.36. The molecule has 3 nitrogen and oxygen atoms in total. The van der Waals surface area contributed by atoms with E-state index in [1.165, 1.54) is 0 Å². The summed E-state index contributed by atoms with van der Waals surface area (Å²) in [5.41, 5.74) is 9.48. The first kappa shape index (κ1) is 13.0. The van der Waals surface area contributed by atoms with Crippen molar-refractivity contribution in [1.29, 1.82) is 0 Å². The van der Waals surface area contributed by atoms with Gasteiger partial charge in [0.15, 0.2) is 0 Å². The van der Waals surface area contributed by atoms with Gasteiger partial charge in [0.1, 0.15) is 0 Å². The Bertz CT molecular complexity index is 669. The van der Waals surface area contributed by atoms with Crippen LogP contribution in [-0.2, 0) is 17.6 Å². The highest BCUT2D eigenvalue weighted by Gasteiger charge is 2.24. The summed E-state index contributed by atoms with van der Waals surface area (Å²) in [6.45, 7) is 0.710. The largest absolute Gasteiger partial charge is 0.399 e. The Morgan fingerprint density at radius 1 is 1.25 bits per heavy atom. The number of fused-ring (bicyclic) bond motifs is 1. The van der Waals surface area contributed by atoms with Crippen LogP contribution in [0.25, 0.3) is 0 Å². The molecule has 1 aliphatic rings. The van der Waals surface area contributed by atoms with Crippen molar-refractivity contribution in [3.8, 4) is 0 Å². The smallest absolute Gasteiger partial charge is 0.231 e. The Morgan fingerprint density at radius 2 is 2.05 bits per heavy atom. The molecule has 0 bridgehead atoms. The normalized spacial score (nSPS) is 13.3. The summed E-state index contributed by atoms with van der Waals surface area (Å²) in [4.78, 5) is 14.3. The maximum Gasteiger partial charge on any atom is 0.231 e. The van der Waals surface area contributed by atoms with Crippen molar-refractivity contribution in [2.45, 2.75) is 12.8 Å². The van der Waals surface area contributed by atoms with E-state index in [1.54, 1.807) is 0 Å². The van der Waals surface area contributed by atoms with Crippen LogP contribution in [-0.4, -0.2) is 12.5 Å². The molecule has 0 spiro atoms. The Morgan fingerprint density at radius 3 is 2.85 bits per heavy atom. The summed E-state index contributed by atoms with van der Waals surface area (Å²) in [7, 11) is 0. The van der Waals surface area contributed by atoms with Crippen molar-refractivity contribution >= 4 is 28.9 Å². The maximum absolute atomic E-state index is 12.5. The van der Waals surface area contributed by atoms with Gasteiger partial charge >= 0.3 is 0 Å². The predicted octanol–water partition coefficient (Wildman–Crippen LogP) is 3.05. The second kappa shape index (κ2) is 5.17. The Labute approximate surface area is 123 Å². The van der Waals surface area contributed by atoms with E-state index in [1.807, 2.05) is 47.4 Å². The van der Waals surface area contributed by atoms with Crippen LogP contribution >= 0.6 is 11.6 Å². The van der Waals surface area contributed by atoms with E-state index >= 15 is 0 Å². The number of rotatable bonds is 2. The molecule has 0 radical (unpaired) electrons. The number of nitrogens with zero attached hydrogens (tertiary/aromatic N) is 1. The fraction of sp³-hybridized carbons (Fsp3) is 0.188. The van der Waals surface area contributed by atoms with Gasteiger partial charge in [-0.3, -0.25) is 4.79 Å². The SMILES string of the molecule is Nc1ccc2c(c1)CCN2C(=O)Cc1ccccc1Cl. The number of amides is 1. The van der Waals surface area contributed by atoms with Gasteiger partial charge in [0.25, 0.3) is 0 Å². The number of carbonyl (C=O) groups is 1. The van der Waals surface area contributed by atoms with Gasteiger partial charge in [0.05, 0.1) is 6.42 Å². The summed E-state index contributed by atoms with van der Waals surface area (Å²) in [5.74, 6) is 0.0709. The van der Waals surface area contributed by atoms with E-state index in [9.17, 15) is 4.79 Å². The first-order valence-corrected chi connectivity index (χ1v) is 6.95. The van der Waals surface area contributed by atoms with E-state index in [2.05, 4.69) is 0 Å². The summed E-state index contributed by atoms with van der Waals surface area (Å²) in [6.07, 6.45) is 1.18. The Hall–Kier alpha value is -2.00. The molecule has 1 heterocycles. The molecule has 20 heavy (non-hydrogen) atoms. The lowest BCUT2D eigenvalue weighted by atomic mass is 10.1. The van der Waals surface area contributed by atoms with Gasteiger partial charge in [-0.15, -0.1) is 0 Å². The average molecular weight is 287 g/mol. The zero-order valence-corrected chi connectivity index (χ0v) is 11.7. The zero-order valence-electron chi connectivity index (χ0n) is 11.0. The first-order valence-electron chi connectivity index (χ1n) is 6.57. The number of anilines is 2. The van der Waals surface area contributed by atoms with E-state index in [0.717, 1.165) is 28.9 Å². The minimum Gasteiger partial charge on any atom is -0.399 e. The highest BCUT2D eigenvalue weighted by Crippen LogP contribution is 2.30. The van der Waals surface area contributed by atoms with Crippen LogP contribution in [0.4, 0.5) is 11.4 Å².